The van der Waals surface area contributed by atoms with E-state index in [0.29, 0.717) is 6.04 Å². The molecule has 0 aromatic carbocycles. The Bertz CT molecular complexity index is 209. The molecule has 1 N–H and O–H groups in total. The molecule has 1 atom stereocenters. The van der Waals surface area contributed by atoms with Crippen molar-refractivity contribution in [1.29, 1.82) is 0 Å². The van der Waals surface area contributed by atoms with Crippen LogP contribution in [-0.4, -0.2) is 9.78 Å². The molecule has 10 heavy (non-hydrogen) atoms. The highest BCUT2D eigenvalue weighted by atomic mass is 127. The third-order valence-electron chi connectivity index (χ3n) is 1.34. The number of nitrogens with zero attached hydrogens (tertiary/aromatic N) is 2. The molecule has 0 fully saturated rings. The highest BCUT2D eigenvalue weighted by molar-refractivity contribution is 14.1. The van der Waals surface area contributed by atoms with E-state index in [1.54, 1.807) is 4.68 Å². The Hall–Kier alpha value is -0.100. The van der Waals surface area contributed by atoms with Crippen molar-refractivity contribution in [2.24, 2.45) is 7.05 Å². The Balaban J connectivity index is 2.74. The van der Waals surface area contributed by atoms with E-state index < -0.39 is 0 Å². The monoisotopic (exact) mass is 251 g/mol. The van der Waals surface area contributed by atoms with Gasteiger partial charge in [0.05, 0.1) is 11.7 Å². The van der Waals surface area contributed by atoms with Crippen LogP contribution in [0.5, 0.6) is 0 Å². The van der Waals surface area contributed by atoms with Crippen LogP contribution in [0.4, 0.5) is 0 Å². The summed E-state index contributed by atoms with van der Waals surface area (Å²) in [6.07, 6.45) is 1.94. The molecule has 56 valence electrons. The zero-order valence-electron chi connectivity index (χ0n) is 6.00. The van der Waals surface area contributed by atoms with E-state index in [2.05, 4.69) is 38.4 Å². The molecule has 0 aliphatic heterocycles. The van der Waals surface area contributed by atoms with Gasteiger partial charge in [0.2, 0.25) is 0 Å². The van der Waals surface area contributed by atoms with Crippen LogP contribution >= 0.6 is 22.9 Å². The Morgan fingerprint density at radius 2 is 2.50 bits per heavy atom. The van der Waals surface area contributed by atoms with Crippen molar-refractivity contribution >= 4 is 22.9 Å². The molecule has 1 aromatic heterocycles. The zero-order valence-corrected chi connectivity index (χ0v) is 8.16. The van der Waals surface area contributed by atoms with Crippen molar-refractivity contribution in [1.82, 2.24) is 13.3 Å². The summed E-state index contributed by atoms with van der Waals surface area (Å²) in [6.45, 7) is 2.08. The summed E-state index contributed by atoms with van der Waals surface area (Å²) in [6, 6.07) is 2.35. The van der Waals surface area contributed by atoms with Gasteiger partial charge in [0, 0.05) is 36.1 Å². The maximum absolute atomic E-state index is 4.23. The molecular formula is C6H10IN3. The Morgan fingerprint density at radius 3 is 2.90 bits per heavy atom. The van der Waals surface area contributed by atoms with Crippen LogP contribution in [0.1, 0.15) is 18.7 Å². The van der Waals surface area contributed by atoms with Gasteiger partial charge in [-0.05, 0) is 13.0 Å². The number of nitrogens with one attached hydrogen (secondary N) is 1. The predicted molar refractivity (Wildman–Crippen MR) is 48.8 cm³/mol. The van der Waals surface area contributed by atoms with Crippen LogP contribution < -0.4 is 3.53 Å². The molecule has 0 saturated carbocycles. The second-order valence-electron chi connectivity index (χ2n) is 2.25. The summed E-state index contributed by atoms with van der Waals surface area (Å²) in [5.74, 6) is 0. The molecule has 0 amide bonds. The van der Waals surface area contributed by atoms with Gasteiger partial charge in [-0.2, -0.15) is 5.10 Å². The standard InChI is InChI=1S/C6H10IN3/c1-5(8-7)6-3-4-10(2)9-6/h3-5,8H,1-2H3. The van der Waals surface area contributed by atoms with Gasteiger partial charge in [-0.15, -0.1) is 0 Å². The normalized spacial score (nSPS) is 13.5. The molecule has 0 bridgehead atoms. The number of hydrogen-bond donors (Lipinski definition) is 1. The quantitative estimate of drug-likeness (QED) is 0.636. The number of halogens is 1. The van der Waals surface area contributed by atoms with Gasteiger partial charge >= 0.3 is 0 Å². The van der Waals surface area contributed by atoms with E-state index in [9.17, 15) is 0 Å². The molecule has 1 unspecified atom stereocenters. The number of aromatic nitrogens is 2. The summed E-state index contributed by atoms with van der Waals surface area (Å²) < 4.78 is 4.89. The Morgan fingerprint density at radius 1 is 1.80 bits per heavy atom. The van der Waals surface area contributed by atoms with Crippen LogP contribution in [0.15, 0.2) is 12.3 Å². The predicted octanol–water partition coefficient (Wildman–Crippen LogP) is 1.42. The summed E-state index contributed by atoms with van der Waals surface area (Å²) in [5, 5.41) is 4.23. The average Bonchev–Trinajstić information content (AvgIpc) is 2.34. The topological polar surface area (TPSA) is 29.9 Å². The fraction of sp³-hybridized carbons (Fsp3) is 0.500. The van der Waals surface area contributed by atoms with Crippen molar-refractivity contribution in [3.05, 3.63) is 18.0 Å². The molecule has 4 heteroatoms. The van der Waals surface area contributed by atoms with E-state index in [0.717, 1.165) is 5.69 Å². The van der Waals surface area contributed by atoms with Gasteiger partial charge < -0.3 is 0 Å². The lowest BCUT2D eigenvalue weighted by molar-refractivity contribution is 0.684. The first-order chi connectivity index (χ1) is 4.74. The van der Waals surface area contributed by atoms with Crippen LogP contribution in [-0.2, 0) is 7.05 Å². The van der Waals surface area contributed by atoms with Crippen molar-refractivity contribution in [2.75, 3.05) is 0 Å². The van der Waals surface area contributed by atoms with Crippen molar-refractivity contribution < 1.29 is 0 Å². The van der Waals surface area contributed by atoms with Gasteiger partial charge in [0.25, 0.3) is 0 Å². The summed E-state index contributed by atoms with van der Waals surface area (Å²) in [5.41, 5.74) is 1.08. The van der Waals surface area contributed by atoms with Gasteiger partial charge in [-0.1, -0.05) is 0 Å². The minimum atomic E-state index is 0.335. The van der Waals surface area contributed by atoms with E-state index in [4.69, 9.17) is 0 Å². The maximum atomic E-state index is 4.23. The van der Waals surface area contributed by atoms with Crippen LogP contribution in [0.25, 0.3) is 0 Å². The number of rotatable bonds is 2. The van der Waals surface area contributed by atoms with Crippen LogP contribution in [0, 0.1) is 0 Å². The Kier molecular flexibility index (Phi) is 2.67. The molecule has 0 saturated heterocycles. The molecule has 1 rings (SSSR count). The highest BCUT2D eigenvalue weighted by Crippen LogP contribution is 2.08. The van der Waals surface area contributed by atoms with Crippen LogP contribution in [0.3, 0.4) is 0 Å². The van der Waals surface area contributed by atoms with Gasteiger partial charge in [0.15, 0.2) is 0 Å². The third-order valence-corrected chi connectivity index (χ3v) is 2.28. The minimum Gasteiger partial charge on any atom is -0.275 e. The molecule has 0 radical (unpaired) electrons. The lowest BCUT2D eigenvalue weighted by Crippen LogP contribution is -2.06. The molecule has 0 spiro atoms. The van der Waals surface area contributed by atoms with Crippen molar-refractivity contribution in [3.63, 3.8) is 0 Å². The summed E-state index contributed by atoms with van der Waals surface area (Å²) in [7, 11) is 1.92. The smallest absolute Gasteiger partial charge is 0.0798 e. The highest BCUT2D eigenvalue weighted by Gasteiger charge is 2.04. The largest absolute Gasteiger partial charge is 0.275 e. The maximum Gasteiger partial charge on any atom is 0.0798 e. The van der Waals surface area contributed by atoms with Gasteiger partial charge in [-0.3, -0.25) is 8.21 Å². The SMILES string of the molecule is CC(NI)c1ccn(C)n1. The summed E-state index contributed by atoms with van der Waals surface area (Å²) >= 11 is 2.13. The molecule has 1 heterocycles. The fourth-order valence-corrected chi connectivity index (χ4v) is 1.04. The second kappa shape index (κ2) is 3.34. The van der Waals surface area contributed by atoms with Crippen molar-refractivity contribution in [2.45, 2.75) is 13.0 Å². The van der Waals surface area contributed by atoms with E-state index in [1.807, 2.05) is 19.3 Å². The van der Waals surface area contributed by atoms with E-state index in [1.165, 1.54) is 0 Å². The van der Waals surface area contributed by atoms with Gasteiger partial charge in [-0.25, -0.2) is 0 Å². The van der Waals surface area contributed by atoms with E-state index in [-0.39, 0.29) is 0 Å². The average molecular weight is 251 g/mol. The zero-order chi connectivity index (χ0) is 7.56. The van der Waals surface area contributed by atoms with Crippen molar-refractivity contribution in [3.8, 4) is 0 Å². The first kappa shape index (κ1) is 8.00. The summed E-state index contributed by atoms with van der Waals surface area (Å²) in [4.78, 5) is 0. The molecular weight excluding hydrogens is 241 g/mol. The third kappa shape index (κ3) is 1.69. The molecule has 0 aliphatic rings. The molecule has 3 nitrogen and oxygen atoms in total. The fourth-order valence-electron chi connectivity index (χ4n) is 0.720. The Labute approximate surface area is 74.3 Å². The first-order valence-electron chi connectivity index (χ1n) is 3.09. The number of hydrogen-bond acceptors (Lipinski definition) is 2. The molecule has 0 aliphatic carbocycles. The van der Waals surface area contributed by atoms with Crippen LogP contribution in [0.2, 0.25) is 0 Å². The lowest BCUT2D eigenvalue weighted by atomic mass is 10.3. The first-order valence-corrected chi connectivity index (χ1v) is 4.17. The lowest BCUT2D eigenvalue weighted by Gasteiger charge is -2.02. The minimum absolute atomic E-state index is 0.335. The molecule has 1 aromatic rings. The van der Waals surface area contributed by atoms with Gasteiger partial charge in [0.1, 0.15) is 0 Å². The van der Waals surface area contributed by atoms with E-state index >= 15 is 0 Å². The number of aryl methyl sites for hydroxylation is 1. The second-order valence-corrected chi connectivity index (χ2v) is 2.87.